The SMILES string of the molecule is N#Cc1c[nH]c2nc(N3CCC(c4nc(-c5ccc(F)c(C(F)(F)F)c5)cn4CCN4CCC4)[C@H](F)C3)ncc12. The Morgan fingerprint density at radius 3 is 2.65 bits per heavy atom. The van der Waals surface area contributed by atoms with Crippen LogP contribution in [0.25, 0.3) is 22.3 Å². The van der Waals surface area contributed by atoms with E-state index in [2.05, 4.69) is 30.9 Å². The number of likely N-dealkylation sites (tertiary alicyclic amines) is 1. The van der Waals surface area contributed by atoms with E-state index in [0.29, 0.717) is 54.4 Å². The highest BCUT2D eigenvalue weighted by Crippen LogP contribution is 2.36. The standard InChI is InChI=1S/C27H25F5N8/c28-21-3-2-16(10-20(21)27(30,31)32)23-15-39(9-8-38-5-1-6-38)25(36-23)18-4-7-40(14-22(18)29)26-35-13-19-17(11-33)12-34-24(19)37-26/h2-3,10,12-13,15,18,22H,1,4-9,14H2,(H,34,35,37)/t18?,22-/m1/s1. The highest BCUT2D eigenvalue weighted by atomic mass is 19.4. The molecule has 8 nitrogen and oxygen atoms in total. The summed E-state index contributed by atoms with van der Waals surface area (Å²) in [6.45, 7) is 3.60. The van der Waals surface area contributed by atoms with E-state index in [4.69, 9.17) is 0 Å². The van der Waals surface area contributed by atoms with E-state index < -0.39 is 29.6 Å². The highest BCUT2D eigenvalue weighted by molar-refractivity contribution is 5.82. The maximum atomic E-state index is 15.8. The summed E-state index contributed by atoms with van der Waals surface area (Å²) in [5, 5.41) is 9.78. The number of fused-ring (bicyclic) bond motifs is 1. The predicted molar refractivity (Wildman–Crippen MR) is 137 cm³/mol. The number of piperidine rings is 1. The van der Waals surface area contributed by atoms with Crippen LogP contribution in [-0.4, -0.2) is 68.3 Å². The van der Waals surface area contributed by atoms with E-state index in [1.54, 1.807) is 23.5 Å². The molecule has 2 aliphatic rings. The number of H-pyrrole nitrogens is 1. The smallest absolute Gasteiger partial charge is 0.345 e. The lowest BCUT2D eigenvalue weighted by Crippen LogP contribution is -2.43. The van der Waals surface area contributed by atoms with Crippen LogP contribution >= 0.6 is 0 Å². The first kappa shape index (κ1) is 26.2. The molecule has 4 aromatic rings. The molecule has 40 heavy (non-hydrogen) atoms. The van der Waals surface area contributed by atoms with Gasteiger partial charge in [-0.1, -0.05) is 0 Å². The summed E-state index contributed by atoms with van der Waals surface area (Å²) >= 11 is 0. The van der Waals surface area contributed by atoms with Gasteiger partial charge in [-0.05, 0) is 44.1 Å². The number of nitrogens with zero attached hydrogens (tertiary/aromatic N) is 7. The minimum absolute atomic E-state index is 0.00504. The van der Waals surface area contributed by atoms with Crippen LogP contribution in [0.1, 0.15) is 35.7 Å². The van der Waals surface area contributed by atoms with Gasteiger partial charge in [0.2, 0.25) is 5.95 Å². The molecule has 2 saturated heterocycles. The number of imidazole rings is 1. The molecule has 1 N–H and O–H groups in total. The molecule has 0 bridgehead atoms. The monoisotopic (exact) mass is 556 g/mol. The van der Waals surface area contributed by atoms with Crippen LogP contribution in [0.2, 0.25) is 0 Å². The molecule has 0 radical (unpaired) electrons. The third-order valence-corrected chi connectivity index (χ3v) is 7.68. The van der Waals surface area contributed by atoms with Crippen molar-refractivity contribution in [2.45, 2.75) is 37.7 Å². The fourth-order valence-electron chi connectivity index (χ4n) is 5.32. The van der Waals surface area contributed by atoms with Crippen molar-refractivity contribution >= 4 is 17.0 Å². The lowest BCUT2D eigenvalue weighted by atomic mass is 9.94. The zero-order valence-corrected chi connectivity index (χ0v) is 21.3. The number of nitrogens with one attached hydrogen (secondary N) is 1. The number of aromatic nitrogens is 5. The first-order valence-corrected chi connectivity index (χ1v) is 13.0. The maximum absolute atomic E-state index is 15.8. The van der Waals surface area contributed by atoms with Crippen LogP contribution in [0.15, 0.2) is 36.8 Å². The van der Waals surface area contributed by atoms with Gasteiger partial charge in [0.05, 0.1) is 34.7 Å². The molecule has 2 fully saturated rings. The molecule has 2 atom stereocenters. The van der Waals surface area contributed by atoms with Crippen LogP contribution in [0.5, 0.6) is 0 Å². The number of aromatic amines is 1. The topological polar surface area (TPSA) is 89.7 Å². The largest absolute Gasteiger partial charge is 0.419 e. The Morgan fingerprint density at radius 1 is 1.12 bits per heavy atom. The summed E-state index contributed by atoms with van der Waals surface area (Å²) in [6.07, 6.45) is 0.0224. The molecule has 1 aromatic carbocycles. The van der Waals surface area contributed by atoms with Crippen LogP contribution in [0.3, 0.4) is 0 Å². The number of benzene rings is 1. The Bertz CT molecular complexity index is 1580. The molecule has 6 rings (SSSR count). The third-order valence-electron chi connectivity index (χ3n) is 7.68. The molecule has 1 unspecified atom stereocenters. The fourth-order valence-corrected chi connectivity index (χ4v) is 5.32. The summed E-state index contributed by atoms with van der Waals surface area (Å²) in [4.78, 5) is 20.3. The number of rotatable bonds is 6. The second-order valence-electron chi connectivity index (χ2n) is 10.2. The lowest BCUT2D eigenvalue weighted by molar-refractivity contribution is -0.139. The van der Waals surface area contributed by atoms with Crippen molar-refractivity contribution in [3.8, 4) is 17.3 Å². The molecule has 0 amide bonds. The van der Waals surface area contributed by atoms with Gasteiger partial charge < -0.3 is 19.4 Å². The van der Waals surface area contributed by atoms with Gasteiger partial charge in [0.25, 0.3) is 0 Å². The first-order chi connectivity index (χ1) is 19.2. The van der Waals surface area contributed by atoms with Gasteiger partial charge in [0, 0.05) is 43.8 Å². The molecule has 0 saturated carbocycles. The van der Waals surface area contributed by atoms with Gasteiger partial charge in [0.15, 0.2) is 0 Å². The molecule has 5 heterocycles. The van der Waals surface area contributed by atoms with E-state index in [-0.39, 0.29) is 17.8 Å². The summed E-state index contributed by atoms with van der Waals surface area (Å²) in [7, 11) is 0. The number of anilines is 1. The van der Waals surface area contributed by atoms with Crippen LogP contribution in [0, 0.1) is 17.1 Å². The Labute approximate surface area is 226 Å². The van der Waals surface area contributed by atoms with Gasteiger partial charge in [-0.15, -0.1) is 0 Å². The van der Waals surface area contributed by atoms with E-state index in [9.17, 15) is 22.8 Å². The fraction of sp³-hybridized carbons (Fsp3) is 0.407. The molecular formula is C27H25F5N8. The summed E-state index contributed by atoms with van der Waals surface area (Å²) < 4.78 is 71.6. The zero-order chi connectivity index (χ0) is 28.0. The highest BCUT2D eigenvalue weighted by Gasteiger charge is 2.36. The van der Waals surface area contributed by atoms with Crippen molar-refractivity contribution < 1.29 is 22.0 Å². The minimum Gasteiger partial charge on any atom is -0.345 e. The Hall–Kier alpha value is -4.05. The quantitative estimate of drug-likeness (QED) is 0.341. The zero-order valence-electron chi connectivity index (χ0n) is 21.3. The second kappa shape index (κ2) is 10.2. The van der Waals surface area contributed by atoms with Crippen molar-refractivity contribution in [2.24, 2.45) is 0 Å². The number of halogens is 5. The number of hydrogen-bond acceptors (Lipinski definition) is 6. The molecule has 13 heteroatoms. The first-order valence-electron chi connectivity index (χ1n) is 13.0. The van der Waals surface area contributed by atoms with E-state index in [1.807, 2.05) is 4.57 Å². The van der Waals surface area contributed by atoms with E-state index >= 15 is 4.39 Å². The van der Waals surface area contributed by atoms with Gasteiger partial charge >= 0.3 is 6.18 Å². The molecule has 0 aliphatic carbocycles. The van der Waals surface area contributed by atoms with Crippen LogP contribution in [-0.2, 0) is 12.7 Å². The summed E-state index contributed by atoms with van der Waals surface area (Å²) in [5.74, 6) is -1.15. The van der Waals surface area contributed by atoms with Gasteiger partial charge in [-0.3, -0.25) is 0 Å². The molecular weight excluding hydrogens is 531 g/mol. The predicted octanol–water partition coefficient (Wildman–Crippen LogP) is 4.89. The Kier molecular flexibility index (Phi) is 6.66. The maximum Gasteiger partial charge on any atom is 0.419 e. The van der Waals surface area contributed by atoms with Crippen LogP contribution < -0.4 is 4.90 Å². The van der Waals surface area contributed by atoms with Gasteiger partial charge in [0.1, 0.15) is 29.5 Å². The summed E-state index contributed by atoms with van der Waals surface area (Å²) in [5.41, 5.74) is -0.0856. The van der Waals surface area contributed by atoms with Crippen molar-refractivity contribution in [3.63, 3.8) is 0 Å². The lowest BCUT2D eigenvalue weighted by Gasteiger charge is -2.35. The molecule has 2 aliphatic heterocycles. The van der Waals surface area contributed by atoms with E-state index in [0.717, 1.165) is 31.6 Å². The number of nitriles is 1. The van der Waals surface area contributed by atoms with Crippen molar-refractivity contribution in [3.05, 3.63) is 59.6 Å². The molecule has 0 spiro atoms. The molecule has 3 aromatic heterocycles. The third kappa shape index (κ3) is 4.88. The van der Waals surface area contributed by atoms with Gasteiger partial charge in [-0.25, -0.2) is 18.7 Å². The summed E-state index contributed by atoms with van der Waals surface area (Å²) in [6, 6.07) is 4.87. The van der Waals surface area contributed by atoms with Crippen molar-refractivity contribution in [2.75, 3.05) is 37.6 Å². The van der Waals surface area contributed by atoms with E-state index in [1.165, 1.54) is 6.07 Å². The van der Waals surface area contributed by atoms with Crippen molar-refractivity contribution in [1.29, 1.82) is 5.26 Å². The Balaban J connectivity index is 1.27. The normalized spacial score (nSPS) is 20.1. The average Bonchev–Trinajstić information content (AvgIpc) is 3.51. The minimum atomic E-state index is -4.85. The number of alkyl halides is 4. The van der Waals surface area contributed by atoms with Crippen molar-refractivity contribution in [1.82, 2.24) is 29.4 Å². The second-order valence-corrected chi connectivity index (χ2v) is 10.2. The Morgan fingerprint density at radius 2 is 1.95 bits per heavy atom. The van der Waals surface area contributed by atoms with Gasteiger partial charge in [-0.2, -0.15) is 23.4 Å². The average molecular weight is 557 g/mol. The van der Waals surface area contributed by atoms with Crippen LogP contribution in [0.4, 0.5) is 27.9 Å². The molecule has 208 valence electrons. The number of hydrogen-bond donors (Lipinski definition) is 1.